The van der Waals surface area contributed by atoms with Gasteiger partial charge in [0.1, 0.15) is 0 Å². The minimum absolute atomic E-state index is 0.0885. The summed E-state index contributed by atoms with van der Waals surface area (Å²) in [7, 11) is 0. The van der Waals surface area contributed by atoms with E-state index in [1.807, 2.05) is 0 Å². The van der Waals surface area contributed by atoms with E-state index in [2.05, 4.69) is 156 Å². The molecule has 3 nitrogen and oxygen atoms in total. The zero-order valence-corrected chi connectivity index (χ0v) is 33.3. The highest BCUT2D eigenvalue weighted by molar-refractivity contribution is 6.31. The van der Waals surface area contributed by atoms with E-state index in [1.54, 1.807) is 0 Å². The highest BCUT2D eigenvalue weighted by atomic mass is 16.1. The largest absolute Gasteiger partial charge is 0.308 e. The van der Waals surface area contributed by atoms with Gasteiger partial charge in [-0.15, -0.1) is 0 Å². The molecule has 16 rings (SSSR count). The first-order valence-corrected chi connectivity index (χ1v) is 22.0. The van der Waals surface area contributed by atoms with E-state index in [1.165, 1.54) is 82.9 Å². The molecule has 0 spiro atoms. The van der Waals surface area contributed by atoms with E-state index < -0.39 is 0 Å². The zero-order chi connectivity index (χ0) is 39.8. The summed E-state index contributed by atoms with van der Waals surface area (Å²) < 4.78 is 2.44. The summed E-state index contributed by atoms with van der Waals surface area (Å²) in [6, 6.07) is 55.9. The van der Waals surface area contributed by atoms with Gasteiger partial charge in [-0.05, 0) is 134 Å². The van der Waals surface area contributed by atoms with Crippen molar-refractivity contribution in [3.05, 3.63) is 196 Å². The molecule has 6 aliphatic carbocycles. The topological polar surface area (TPSA) is 38.5 Å². The van der Waals surface area contributed by atoms with E-state index in [9.17, 15) is 4.79 Å². The molecule has 2 atom stereocenters. The molecule has 10 aromatic rings. The van der Waals surface area contributed by atoms with Crippen LogP contribution in [0.2, 0.25) is 0 Å². The van der Waals surface area contributed by atoms with E-state index in [0.29, 0.717) is 11.7 Å². The summed E-state index contributed by atoms with van der Waals surface area (Å²) in [4.78, 5) is 29.8. The fraction of sp³-hybridized carbons (Fsp3) is 0.138. The molecule has 0 radical (unpaired) electrons. The normalized spacial score (nSPS) is 20.3. The Labute approximate surface area is 352 Å². The molecule has 286 valence electrons. The van der Waals surface area contributed by atoms with E-state index >= 15 is 4.79 Å². The molecule has 6 aliphatic rings. The summed E-state index contributed by atoms with van der Waals surface area (Å²) in [5, 5.41) is 4.74. The Morgan fingerprint density at radius 2 is 0.902 bits per heavy atom. The third-order valence-electron chi connectivity index (χ3n) is 15.7. The van der Waals surface area contributed by atoms with Crippen LogP contribution in [0.4, 0.5) is 0 Å². The molecular weight excluding hydrogens is 743 g/mol. The smallest absolute Gasteiger partial charge is 0.175 e. The van der Waals surface area contributed by atoms with Gasteiger partial charge in [-0.2, -0.15) is 0 Å². The number of nitrogens with zero attached hydrogens (tertiary/aromatic N) is 1. The van der Waals surface area contributed by atoms with Gasteiger partial charge in [0.25, 0.3) is 0 Å². The molecule has 1 fully saturated rings. The summed E-state index contributed by atoms with van der Waals surface area (Å²) >= 11 is 0. The predicted octanol–water partition coefficient (Wildman–Crippen LogP) is 14.1. The maximum absolute atomic E-state index is 15.4. The average Bonchev–Trinajstić information content (AvgIpc) is 3.64. The number of aromatic nitrogens is 1. The molecule has 0 amide bonds. The van der Waals surface area contributed by atoms with Crippen LogP contribution in [0, 0.1) is 5.92 Å². The van der Waals surface area contributed by atoms with Crippen LogP contribution in [0.25, 0.3) is 82.6 Å². The number of ketones is 2. The number of hydrogen-bond donors (Lipinski definition) is 0. The van der Waals surface area contributed by atoms with Gasteiger partial charge in [0, 0.05) is 50.1 Å². The lowest BCUT2D eigenvalue weighted by Crippen LogP contribution is -2.16. The molecule has 6 bridgehead atoms. The van der Waals surface area contributed by atoms with Crippen molar-refractivity contribution in [2.45, 2.75) is 43.4 Å². The molecule has 2 unspecified atom stereocenters. The highest BCUT2D eigenvalue weighted by Crippen LogP contribution is 2.56. The van der Waals surface area contributed by atoms with Crippen LogP contribution < -0.4 is 0 Å². The summed E-state index contributed by atoms with van der Waals surface area (Å²) in [6.07, 6.45) is 4.09. The van der Waals surface area contributed by atoms with Crippen LogP contribution >= 0.6 is 0 Å². The van der Waals surface area contributed by atoms with E-state index in [4.69, 9.17) is 0 Å². The van der Waals surface area contributed by atoms with Crippen LogP contribution in [0.5, 0.6) is 0 Å². The standard InChI is InChI=1S/C58H37NO2/c60-57-31-22-20-30(21-23-31)42-25-43-46-26-44-38-16-4-3-14-36(38)34-12-1-2-13-35(34)37-15-5-6-17-39(37)54(44)55-49-27-45-48(29-51(49)59(56(46)55)50(43)28-47(42)57)58(61)53-33-11-9-10-32(24-33)52(45)40-18-7-8-19-41(40)53/h1-19,24-31,52-53H,20-23H2. The predicted molar refractivity (Wildman–Crippen MR) is 245 cm³/mol. The van der Waals surface area contributed by atoms with Crippen LogP contribution in [-0.2, 0) is 0 Å². The van der Waals surface area contributed by atoms with Crippen molar-refractivity contribution >= 4 is 49.7 Å². The van der Waals surface area contributed by atoms with Crippen molar-refractivity contribution in [3.8, 4) is 44.5 Å². The summed E-state index contributed by atoms with van der Waals surface area (Å²) in [5.74, 6) is 0.495. The Morgan fingerprint density at radius 1 is 0.377 bits per heavy atom. The monoisotopic (exact) mass is 779 g/mol. The van der Waals surface area contributed by atoms with Gasteiger partial charge in [0.05, 0.1) is 22.5 Å². The first kappa shape index (κ1) is 32.7. The van der Waals surface area contributed by atoms with Gasteiger partial charge in [0.2, 0.25) is 0 Å². The number of benzene rings is 8. The van der Waals surface area contributed by atoms with Gasteiger partial charge in [-0.25, -0.2) is 0 Å². The molecule has 0 saturated heterocycles. The summed E-state index contributed by atoms with van der Waals surface area (Å²) in [6.45, 7) is 0. The minimum atomic E-state index is -0.377. The van der Waals surface area contributed by atoms with Crippen molar-refractivity contribution < 1.29 is 9.59 Å². The molecule has 2 aromatic heterocycles. The third-order valence-corrected chi connectivity index (χ3v) is 15.7. The number of Topliss-reactive ketones (excluding diaryl/α,β-unsaturated/α-hetero) is 2. The molecule has 61 heavy (non-hydrogen) atoms. The van der Waals surface area contributed by atoms with Gasteiger partial charge >= 0.3 is 0 Å². The van der Waals surface area contributed by atoms with Crippen molar-refractivity contribution in [1.82, 2.24) is 4.40 Å². The molecule has 1 saturated carbocycles. The molecular formula is C58H37NO2. The van der Waals surface area contributed by atoms with Gasteiger partial charge in [0.15, 0.2) is 11.6 Å². The number of carbonyl (C=O) groups excluding carboxylic acids is 2. The Bertz CT molecular complexity index is 3670. The van der Waals surface area contributed by atoms with Gasteiger partial charge < -0.3 is 4.40 Å². The average molecular weight is 780 g/mol. The van der Waals surface area contributed by atoms with E-state index in [0.717, 1.165) is 69.9 Å². The second kappa shape index (κ2) is 11.4. The van der Waals surface area contributed by atoms with Crippen LogP contribution in [0.1, 0.15) is 97.5 Å². The summed E-state index contributed by atoms with van der Waals surface area (Å²) in [5.41, 5.74) is 21.6. The fourth-order valence-electron chi connectivity index (χ4n) is 13.1. The van der Waals surface area contributed by atoms with Crippen LogP contribution in [0.3, 0.4) is 0 Å². The van der Waals surface area contributed by atoms with Crippen molar-refractivity contribution in [1.29, 1.82) is 0 Å². The third kappa shape index (κ3) is 4.01. The Balaban J connectivity index is 1.17. The fourth-order valence-corrected chi connectivity index (χ4v) is 13.1. The first-order chi connectivity index (χ1) is 30.1. The quantitative estimate of drug-likeness (QED) is 0.154. The van der Waals surface area contributed by atoms with Crippen molar-refractivity contribution in [2.75, 3.05) is 0 Å². The number of carbonyl (C=O) groups is 2. The van der Waals surface area contributed by atoms with Gasteiger partial charge in [-0.1, -0.05) is 121 Å². The number of rotatable bonds is 0. The zero-order valence-electron chi connectivity index (χ0n) is 33.3. The van der Waals surface area contributed by atoms with Crippen molar-refractivity contribution in [2.24, 2.45) is 5.92 Å². The minimum Gasteiger partial charge on any atom is -0.308 e. The number of hydrogen-bond acceptors (Lipinski definition) is 2. The lowest BCUT2D eigenvalue weighted by molar-refractivity contribution is 0.0897. The van der Waals surface area contributed by atoms with E-state index in [-0.39, 0.29) is 23.5 Å². The lowest BCUT2D eigenvalue weighted by Gasteiger charge is -2.24. The Kier molecular flexibility index (Phi) is 6.10. The molecule has 8 aromatic carbocycles. The maximum atomic E-state index is 15.4. The first-order valence-electron chi connectivity index (χ1n) is 22.0. The maximum Gasteiger partial charge on any atom is 0.175 e. The number of fused-ring (bicyclic) bond motifs is 23. The second-order valence-corrected chi connectivity index (χ2v) is 18.4. The molecule has 2 heterocycles. The molecule has 3 heteroatoms. The Morgan fingerprint density at radius 3 is 1.59 bits per heavy atom. The van der Waals surface area contributed by atoms with Crippen molar-refractivity contribution in [3.63, 3.8) is 0 Å². The molecule has 0 aliphatic heterocycles. The highest BCUT2D eigenvalue weighted by Gasteiger charge is 2.41. The molecule has 0 N–H and O–H groups in total. The second-order valence-electron chi connectivity index (χ2n) is 18.4. The van der Waals surface area contributed by atoms with Crippen LogP contribution in [0.15, 0.2) is 152 Å². The van der Waals surface area contributed by atoms with Crippen LogP contribution in [-0.4, -0.2) is 16.0 Å². The van der Waals surface area contributed by atoms with Gasteiger partial charge in [-0.3, -0.25) is 9.59 Å². The SMILES string of the molecule is O=C1c2cc3c(cc2C2CCC1CC2)c1cc2c(c4c5cc6c(cc5n3c14)C(=O)C1c3cccc(c3)C6c3ccccc31)-c1ccccc1-c1ccccc1-c1ccccc1-2. The lowest BCUT2D eigenvalue weighted by atomic mass is 9.78. The Hall–Kier alpha value is -7.10.